The predicted molar refractivity (Wildman–Crippen MR) is 89.3 cm³/mol. The third kappa shape index (κ3) is 3.81. The molecule has 0 aliphatic rings. The molecule has 0 spiro atoms. The molecule has 0 unspecified atom stereocenters. The number of hydrogen-bond donors (Lipinski definition) is 2. The molecule has 118 valence electrons. The van der Waals surface area contributed by atoms with E-state index in [2.05, 4.69) is 25.3 Å². The van der Waals surface area contributed by atoms with E-state index in [1.165, 1.54) is 11.3 Å². The maximum Gasteiger partial charge on any atom is 0.267 e. The highest BCUT2D eigenvalue weighted by Crippen LogP contribution is 2.19. The van der Waals surface area contributed by atoms with E-state index >= 15 is 0 Å². The molecule has 2 N–H and O–H groups in total. The lowest BCUT2D eigenvalue weighted by Crippen LogP contribution is -2.26. The van der Waals surface area contributed by atoms with Crippen molar-refractivity contribution < 1.29 is 4.79 Å². The summed E-state index contributed by atoms with van der Waals surface area (Å²) < 4.78 is 0. The molecule has 3 rings (SSSR count). The number of nitrogens with zero attached hydrogens (tertiary/aromatic N) is 3. The van der Waals surface area contributed by atoms with Gasteiger partial charge in [0.2, 0.25) is 0 Å². The molecule has 3 heterocycles. The fraction of sp³-hybridized carbons (Fsp3) is 0.250. The number of H-pyrrole nitrogens is 1. The second-order valence-electron chi connectivity index (χ2n) is 4.97. The minimum atomic E-state index is -0.0912. The molecule has 1 amide bonds. The van der Waals surface area contributed by atoms with Gasteiger partial charge in [-0.3, -0.25) is 4.79 Å². The first-order valence-electron chi connectivity index (χ1n) is 7.44. The van der Waals surface area contributed by atoms with Crippen LogP contribution in [-0.2, 0) is 12.8 Å². The standard InChI is InChI=1S/C16H17N5OS/c1-2-11-4-5-13(20-11)15(22)19-9-6-12-10-23-16(21-12)14-17-7-3-8-18-14/h3-5,7-8,10,20H,2,6,9H2,1H3,(H,19,22). The Morgan fingerprint density at radius 2 is 2.13 bits per heavy atom. The highest BCUT2D eigenvalue weighted by atomic mass is 32.1. The van der Waals surface area contributed by atoms with Crippen LogP contribution in [0.5, 0.6) is 0 Å². The van der Waals surface area contributed by atoms with Crippen molar-refractivity contribution in [2.24, 2.45) is 0 Å². The molecule has 0 fully saturated rings. The maximum absolute atomic E-state index is 12.0. The monoisotopic (exact) mass is 327 g/mol. The zero-order valence-electron chi connectivity index (χ0n) is 12.7. The normalized spacial score (nSPS) is 10.7. The first-order chi connectivity index (χ1) is 11.3. The summed E-state index contributed by atoms with van der Waals surface area (Å²) in [6.45, 7) is 2.59. The maximum atomic E-state index is 12.0. The summed E-state index contributed by atoms with van der Waals surface area (Å²) in [7, 11) is 0. The minimum absolute atomic E-state index is 0.0912. The van der Waals surface area contributed by atoms with Crippen molar-refractivity contribution in [2.75, 3.05) is 6.54 Å². The van der Waals surface area contributed by atoms with Gasteiger partial charge in [0.1, 0.15) is 5.69 Å². The van der Waals surface area contributed by atoms with Crippen LogP contribution in [0.25, 0.3) is 10.8 Å². The number of aromatic amines is 1. The molecule has 0 saturated carbocycles. The molecule has 0 aromatic carbocycles. The van der Waals surface area contributed by atoms with Gasteiger partial charge in [-0.25, -0.2) is 15.0 Å². The van der Waals surface area contributed by atoms with Crippen LogP contribution < -0.4 is 5.32 Å². The number of rotatable bonds is 6. The van der Waals surface area contributed by atoms with Gasteiger partial charge in [-0.1, -0.05) is 6.92 Å². The SMILES string of the molecule is CCc1ccc(C(=O)NCCc2csc(-c3ncccn3)n2)[nH]1. The molecule has 3 aromatic heterocycles. The number of amides is 1. The third-order valence-corrected chi connectivity index (χ3v) is 4.23. The van der Waals surface area contributed by atoms with E-state index in [0.29, 0.717) is 24.5 Å². The number of thiazole rings is 1. The number of nitrogens with one attached hydrogen (secondary N) is 2. The molecular weight excluding hydrogens is 310 g/mol. The molecule has 7 heteroatoms. The van der Waals surface area contributed by atoms with Crippen molar-refractivity contribution in [1.29, 1.82) is 0 Å². The molecule has 0 bridgehead atoms. The molecule has 0 aliphatic carbocycles. The Bertz CT molecular complexity index is 781. The van der Waals surface area contributed by atoms with Gasteiger partial charge in [-0.05, 0) is 24.6 Å². The van der Waals surface area contributed by atoms with Crippen molar-refractivity contribution in [3.8, 4) is 10.8 Å². The van der Waals surface area contributed by atoms with Crippen LogP contribution >= 0.6 is 11.3 Å². The van der Waals surface area contributed by atoms with Crippen LogP contribution in [-0.4, -0.2) is 32.4 Å². The number of hydrogen-bond acceptors (Lipinski definition) is 5. The average molecular weight is 327 g/mol. The van der Waals surface area contributed by atoms with Crippen molar-refractivity contribution in [1.82, 2.24) is 25.3 Å². The van der Waals surface area contributed by atoms with Crippen LogP contribution in [0.2, 0.25) is 0 Å². The molecule has 23 heavy (non-hydrogen) atoms. The Morgan fingerprint density at radius 1 is 1.30 bits per heavy atom. The molecule has 3 aromatic rings. The molecule has 0 radical (unpaired) electrons. The summed E-state index contributed by atoms with van der Waals surface area (Å²) in [5.41, 5.74) is 2.58. The van der Waals surface area contributed by atoms with Gasteiger partial charge >= 0.3 is 0 Å². The Labute approximate surface area is 138 Å². The highest BCUT2D eigenvalue weighted by Gasteiger charge is 2.09. The summed E-state index contributed by atoms with van der Waals surface area (Å²) in [5.74, 6) is 0.540. The van der Waals surface area contributed by atoms with Gasteiger partial charge in [-0.2, -0.15) is 0 Å². The Morgan fingerprint density at radius 3 is 2.87 bits per heavy atom. The van der Waals surface area contributed by atoms with E-state index in [1.54, 1.807) is 18.5 Å². The lowest BCUT2D eigenvalue weighted by atomic mass is 10.3. The smallest absolute Gasteiger partial charge is 0.267 e. The Kier molecular flexibility index (Phi) is 4.77. The van der Waals surface area contributed by atoms with E-state index in [1.807, 2.05) is 24.4 Å². The van der Waals surface area contributed by atoms with E-state index in [9.17, 15) is 4.79 Å². The van der Waals surface area contributed by atoms with Gasteiger partial charge in [-0.15, -0.1) is 11.3 Å². The third-order valence-electron chi connectivity index (χ3n) is 3.35. The number of carbonyl (C=O) groups is 1. The van der Waals surface area contributed by atoms with Gasteiger partial charge in [0.25, 0.3) is 5.91 Å². The van der Waals surface area contributed by atoms with Gasteiger partial charge in [0.15, 0.2) is 10.8 Å². The fourth-order valence-corrected chi connectivity index (χ4v) is 2.91. The average Bonchev–Trinajstić information content (AvgIpc) is 3.25. The highest BCUT2D eigenvalue weighted by molar-refractivity contribution is 7.13. The molecule has 0 aliphatic heterocycles. The van der Waals surface area contributed by atoms with Crippen molar-refractivity contribution >= 4 is 17.2 Å². The molecule has 6 nitrogen and oxygen atoms in total. The van der Waals surface area contributed by atoms with Gasteiger partial charge < -0.3 is 10.3 Å². The first kappa shape index (κ1) is 15.4. The van der Waals surface area contributed by atoms with Crippen LogP contribution in [0, 0.1) is 0 Å². The van der Waals surface area contributed by atoms with E-state index in [0.717, 1.165) is 22.8 Å². The lowest BCUT2D eigenvalue weighted by molar-refractivity contribution is 0.0949. The van der Waals surface area contributed by atoms with Crippen molar-refractivity contribution in [3.05, 3.63) is 53.1 Å². The van der Waals surface area contributed by atoms with Crippen molar-refractivity contribution in [3.63, 3.8) is 0 Å². The fourth-order valence-electron chi connectivity index (χ4n) is 2.11. The van der Waals surface area contributed by atoms with Crippen LogP contribution in [0.1, 0.15) is 28.8 Å². The summed E-state index contributed by atoms with van der Waals surface area (Å²) in [5, 5.41) is 5.67. The van der Waals surface area contributed by atoms with Crippen LogP contribution in [0.4, 0.5) is 0 Å². The van der Waals surface area contributed by atoms with Crippen LogP contribution in [0.3, 0.4) is 0 Å². The molecule has 0 saturated heterocycles. The summed E-state index contributed by atoms with van der Waals surface area (Å²) in [6.07, 6.45) is 4.96. The number of aromatic nitrogens is 4. The van der Waals surface area contributed by atoms with Gasteiger partial charge in [0.05, 0.1) is 5.69 Å². The Hall–Kier alpha value is -2.54. The zero-order valence-corrected chi connectivity index (χ0v) is 13.6. The topological polar surface area (TPSA) is 83.6 Å². The summed E-state index contributed by atoms with van der Waals surface area (Å²) >= 11 is 1.51. The van der Waals surface area contributed by atoms with E-state index < -0.39 is 0 Å². The second-order valence-corrected chi connectivity index (χ2v) is 5.83. The van der Waals surface area contributed by atoms with E-state index in [-0.39, 0.29) is 5.91 Å². The quantitative estimate of drug-likeness (QED) is 0.728. The largest absolute Gasteiger partial charge is 0.354 e. The number of aryl methyl sites for hydroxylation is 1. The first-order valence-corrected chi connectivity index (χ1v) is 8.32. The summed E-state index contributed by atoms with van der Waals surface area (Å²) in [6, 6.07) is 5.52. The Balaban J connectivity index is 1.53. The minimum Gasteiger partial charge on any atom is -0.354 e. The lowest BCUT2D eigenvalue weighted by Gasteiger charge is -2.02. The zero-order chi connectivity index (χ0) is 16.1. The van der Waals surface area contributed by atoms with Crippen LogP contribution in [0.15, 0.2) is 36.0 Å². The van der Waals surface area contributed by atoms with Gasteiger partial charge in [0, 0.05) is 36.4 Å². The van der Waals surface area contributed by atoms with E-state index in [4.69, 9.17) is 0 Å². The van der Waals surface area contributed by atoms with Crippen molar-refractivity contribution in [2.45, 2.75) is 19.8 Å². The molecule has 0 atom stereocenters. The second kappa shape index (κ2) is 7.15. The predicted octanol–water partition coefficient (Wildman–Crippen LogP) is 2.46. The number of carbonyl (C=O) groups excluding carboxylic acids is 1. The molecular formula is C16H17N5OS. The summed E-state index contributed by atoms with van der Waals surface area (Å²) in [4.78, 5) is 28.0.